The fourth-order valence-electron chi connectivity index (χ4n) is 4.33. The first-order valence-electron chi connectivity index (χ1n) is 8.27. The van der Waals surface area contributed by atoms with Gasteiger partial charge in [-0.1, -0.05) is 12.8 Å². The van der Waals surface area contributed by atoms with Crippen molar-refractivity contribution >= 4 is 15.7 Å². The van der Waals surface area contributed by atoms with Gasteiger partial charge < -0.3 is 10.2 Å². The van der Waals surface area contributed by atoms with Crippen molar-refractivity contribution in [2.45, 2.75) is 63.6 Å². The van der Waals surface area contributed by atoms with E-state index >= 15 is 0 Å². The molecular formula is C15H26N2O3S. The molecular weight excluding hydrogens is 288 g/mol. The molecule has 0 aromatic rings. The van der Waals surface area contributed by atoms with Crippen molar-refractivity contribution < 1.29 is 13.2 Å². The Labute approximate surface area is 127 Å². The summed E-state index contributed by atoms with van der Waals surface area (Å²) in [4.78, 5) is 14.6. The highest BCUT2D eigenvalue weighted by Crippen LogP contribution is 2.34. The fraction of sp³-hybridized carbons (Fsp3) is 0.933. The summed E-state index contributed by atoms with van der Waals surface area (Å²) < 4.78 is 23.3. The number of nitrogens with zero attached hydrogens (tertiary/aromatic N) is 1. The number of sulfone groups is 1. The van der Waals surface area contributed by atoms with E-state index in [1.807, 2.05) is 6.92 Å². The number of carbonyl (C=O) groups excluding carboxylic acids is 1. The highest BCUT2D eigenvalue weighted by Gasteiger charge is 2.42. The zero-order valence-electron chi connectivity index (χ0n) is 12.8. The van der Waals surface area contributed by atoms with Crippen LogP contribution in [0.3, 0.4) is 0 Å². The Morgan fingerprint density at radius 2 is 2.00 bits per heavy atom. The van der Waals surface area contributed by atoms with Crippen LogP contribution in [0.25, 0.3) is 0 Å². The minimum Gasteiger partial charge on any atom is -0.338 e. The molecule has 21 heavy (non-hydrogen) atoms. The van der Waals surface area contributed by atoms with Crippen LogP contribution < -0.4 is 5.32 Å². The molecule has 3 fully saturated rings. The van der Waals surface area contributed by atoms with E-state index in [1.165, 1.54) is 25.7 Å². The minimum absolute atomic E-state index is 0.0960. The quantitative estimate of drug-likeness (QED) is 0.842. The predicted octanol–water partition coefficient (Wildman–Crippen LogP) is 0.943. The molecule has 3 rings (SSSR count). The first kappa shape index (κ1) is 15.3. The molecule has 2 saturated heterocycles. The highest BCUT2D eigenvalue weighted by molar-refractivity contribution is 7.91. The van der Waals surface area contributed by atoms with Crippen molar-refractivity contribution in [3.8, 4) is 0 Å². The summed E-state index contributed by atoms with van der Waals surface area (Å²) >= 11 is 0. The Kier molecular flexibility index (Phi) is 4.28. The second kappa shape index (κ2) is 5.88. The second-order valence-electron chi connectivity index (χ2n) is 6.79. The molecule has 4 atom stereocenters. The van der Waals surface area contributed by atoms with Gasteiger partial charge in [0.2, 0.25) is 5.91 Å². The molecule has 1 amide bonds. The molecule has 2 aliphatic heterocycles. The van der Waals surface area contributed by atoms with Crippen molar-refractivity contribution in [2.75, 3.05) is 18.1 Å². The SMILES string of the molecule is CCN(C(=O)C1CC2CCCCC2N1)C1CCS(=O)(=O)C1. The van der Waals surface area contributed by atoms with Gasteiger partial charge >= 0.3 is 0 Å². The number of hydrogen-bond donors (Lipinski definition) is 1. The van der Waals surface area contributed by atoms with Gasteiger partial charge in [0.05, 0.1) is 17.5 Å². The lowest BCUT2D eigenvalue weighted by molar-refractivity contribution is -0.134. The Morgan fingerprint density at radius 1 is 1.24 bits per heavy atom. The smallest absolute Gasteiger partial charge is 0.239 e. The predicted molar refractivity (Wildman–Crippen MR) is 81.7 cm³/mol. The summed E-state index contributed by atoms with van der Waals surface area (Å²) in [6.07, 6.45) is 6.47. The summed E-state index contributed by atoms with van der Waals surface area (Å²) in [5.41, 5.74) is 0. The van der Waals surface area contributed by atoms with E-state index in [2.05, 4.69) is 5.32 Å². The molecule has 0 aromatic heterocycles. The third-order valence-electron chi connectivity index (χ3n) is 5.43. The molecule has 0 bridgehead atoms. The molecule has 1 aliphatic carbocycles. The lowest BCUT2D eigenvalue weighted by atomic mass is 9.85. The van der Waals surface area contributed by atoms with E-state index < -0.39 is 9.84 Å². The summed E-state index contributed by atoms with van der Waals surface area (Å²) in [5.74, 6) is 1.13. The minimum atomic E-state index is -2.94. The molecule has 0 radical (unpaired) electrons. The molecule has 1 N–H and O–H groups in total. The topological polar surface area (TPSA) is 66.5 Å². The average Bonchev–Trinajstić information content (AvgIpc) is 3.02. The molecule has 5 nitrogen and oxygen atoms in total. The maximum atomic E-state index is 12.8. The Balaban J connectivity index is 1.66. The van der Waals surface area contributed by atoms with Crippen molar-refractivity contribution in [2.24, 2.45) is 5.92 Å². The fourth-order valence-corrected chi connectivity index (χ4v) is 6.06. The molecule has 2 heterocycles. The van der Waals surface area contributed by atoms with Crippen molar-refractivity contribution in [1.82, 2.24) is 10.2 Å². The van der Waals surface area contributed by atoms with Crippen molar-refractivity contribution in [3.05, 3.63) is 0 Å². The third kappa shape index (κ3) is 3.11. The van der Waals surface area contributed by atoms with Crippen LogP contribution in [0.1, 0.15) is 45.4 Å². The number of likely N-dealkylation sites (N-methyl/N-ethyl adjacent to an activating group) is 1. The molecule has 1 saturated carbocycles. The number of nitrogens with one attached hydrogen (secondary N) is 1. The summed E-state index contributed by atoms with van der Waals surface area (Å²) in [6.45, 7) is 2.55. The zero-order valence-corrected chi connectivity index (χ0v) is 13.6. The zero-order chi connectivity index (χ0) is 15.0. The Hall–Kier alpha value is -0.620. The molecule has 6 heteroatoms. The van der Waals surface area contributed by atoms with E-state index in [0.29, 0.717) is 24.9 Å². The number of amides is 1. The van der Waals surface area contributed by atoms with Crippen LogP contribution in [0.5, 0.6) is 0 Å². The maximum absolute atomic E-state index is 12.8. The van der Waals surface area contributed by atoms with Gasteiger partial charge in [-0.25, -0.2) is 8.42 Å². The van der Waals surface area contributed by atoms with Crippen LogP contribution in [-0.2, 0) is 14.6 Å². The third-order valence-corrected chi connectivity index (χ3v) is 7.18. The monoisotopic (exact) mass is 314 g/mol. The lowest BCUT2D eigenvalue weighted by Crippen LogP contribution is -2.49. The summed E-state index contributed by atoms with van der Waals surface area (Å²) in [5, 5.41) is 3.51. The first-order valence-corrected chi connectivity index (χ1v) is 10.1. The van der Waals surface area contributed by atoms with Crippen LogP contribution in [0.15, 0.2) is 0 Å². The lowest BCUT2D eigenvalue weighted by Gasteiger charge is -2.29. The second-order valence-corrected chi connectivity index (χ2v) is 9.02. The Bertz CT molecular complexity index is 491. The standard InChI is InChI=1S/C15H26N2O3S/c1-2-17(12-7-8-21(19,20)10-12)15(18)14-9-11-5-3-4-6-13(11)16-14/h11-14,16H,2-10H2,1H3. The van der Waals surface area contributed by atoms with Crippen LogP contribution in [0.2, 0.25) is 0 Å². The van der Waals surface area contributed by atoms with Crippen LogP contribution in [0.4, 0.5) is 0 Å². The van der Waals surface area contributed by atoms with E-state index in [1.54, 1.807) is 4.90 Å². The molecule has 4 unspecified atom stereocenters. The normalized spacial score (nSPS) is 38.1. The average molecular weight is 314 g/mol. The molecule has 3 aliphatic rings. The van der Waals surface area contributed by atoms with Gasteiger partial charge in [0.1, 0.15) is 0 Å². The number of hydrogen-bond acceptors (Lipinski definition) is 4. The Morgan fingerprint density at radius 3 is 2.62 bits per heavy atom. The van der Waals surface area contributed by atoms with Gasteiger partial charge in [-0.2, -0.15) is 0 Å². The van der Waals surface area contributed by atoms with Gasteiger partial charge in [0.15, 0.2) is 9.84 Å². The van der Waals surface area contributed by atoms with Crippen molar-refractivity contribution in [3.63, 3.8) is 0 Å². The van der Waals surface area contributed by atoms with Crippen LogP contribution in [0, 0.1) is 5.92 Å². The highest BCUT2D eigenvalue weighted by atomic mass is 32.2. The van der Waals surface area contributed by atoms with E-state index in [4.69, 9.17) is 0 Å². The van der Waals surface area contributed by atoms with E-state index in [9.17, 15) is 13.2 Å². The number of fused-ring (bicyclic) bond motifs is 1. The van der Waals surface area contributed by atoms with E-state index in [-0.39, 0.29) is 29.5 Å². The maximum Gasteiger partial charge on any atom is 0.239 e. The van der Waals surface area contributed by atoms with Crippen molar-refractivity contribution in [1.29, 1.82) is 0 Å². The largest absolute Gasteiger partial charge is 0.338 e. The number of carbonyl (C=O) groups is 1. The van der Waals surface area contributed by atoms with E-state index in [0.717, 1.165) is 6.42 Å². The van der Waals surface area contributed by atoms with Crippen LogP contribution >= 0.6 is 0 Å². The van der Waals surface area contributed by atoms with Gasteiger partial charge in [0.25, 0.3) is 0 Å². The summed E-state index contributed by atoms with van der Waals surface area (Å²) in [7, 11) is -2.94. The number of rotatable bonds is 3. The molecule has 120 valence electrons. The van der Waals surface area contributed by atoms with Gasteiger partial charge in [-0.15, -0.1) is 0 Å². The van der Waals surface area contributed by atoms with Crippen LogP contribution in [-0.4, -0.2) is 55.4 Å². The van der Waals surface area contributed by atoms with Gasteiger partial charge in [0, 0.05) is 18.6 Å². The molecule has 0 aromatic carbocycles. The first-order chi connectivity index (χ1) is 10.00. The van der Waals surface area contributed by atoms with Gasteiger partial charge in [-0.3, -0.25) is 4.79 Å². The van der Waals surface area contributed by atoms with Gasteiger partial charge in [-0.05, 0) is 38.5 Å². The molecule has 0 spiro atoms. The summed E-state index contributed by atoms with van der Waals surface area (Å²) in [6, 6.07) is 0.289.